The molecule has 0 saturated carbocycles. The summed E-state index contributed by atoms with van der Waals surface area (Å²) >= 11 is 0. The summed E-state index contributed by atoms with van der Waals surface area (Å²) in [7, 11) is 0. The fourth-order valence-corrected chi connectivity index (χ4v) is 2.24. The molecule has 0 aromatic heterocycles. The molecule has 3 atom stereocenters. The summed E-state index contributed by atoms with van der Waals surface area (Å²) in [4.78, 5) is 11.8. The fourth-order valence-electron chi connectivity index (χ4n) is 2.24. The molecule has 0 fully saturated rings. The molecule has 0 bridgehead atoms. The van der Waals surface area contributed by atoms with Crippen LogP contribution in [0.5, 0.6) is 5.75 Å². The Hall–Kier alpha value is -2.08. The molecule has 0 heterocycles. The average Bonchev–Trinajstić information content (AvgIpc) is 2.94. The summed E-state index contributed by atoms with van der Waals surface area (Å²) in [6, 6.07) is 5.21. The largest absolute Gasteiger partial charge is 0.491 e. The minimum absolute atomic E-state index is 0.0534. The monoisotopic (exact) mass is 308 g/mol. The van der Waals surface area contributed by atoms with Crippen molar-refractivity contribution in [2.75, 3.05) is 13.2 Å². The fraction of sp³-hybridized carbons (Fsp3) is 0.438. The highest BCUT2D eigenvalue weighted by molar-refractivity contribution is 5.74. The molecule has 2 amide bonds. The van der Waals surface area contributed by atoms with Gasteiger partial charge in [-0.05, 0) is 37.6 Å². The molecule has 6 heteroatoms. The van der Waals surface area contributed by atoms with Gasteiger partial charge in [-0.1, -0.05) is 12.2 Å². The van der Waals surface area contributed by atoms with Crippen LogP contribution >= 0.6 is 0 Å². The van der Waals surface area contributed by atoms with E-state index < -0.39 is 0 Å². The number of amides is 2. The van der Waals surface area contributed by atoms with Crippen LogP contribution in [-0.4, -0.2) is 36.4 Å². The van der Waals surface area contributed by atoms with Crippen molar-refractivity contribution in [3.63, 3.8) is 0 Å². The molecule has 0 radical (unpaired) electrons. The van der Waals surface area contributed by atoms with E-state index in [1.165, 1.54) is 12.1 Å². The van der Waals surface area contributed by atoms with Gasteiger partial charge in [0.15, 0.2) is 0 Å². The van der Waals surface area contributed by atoms with Crippen LogP contribution < -0.4 is 15.4 Å². The van der Waals surface area contributed by atoms with Gasteiger partial charge in [-0.15, -0.1) is 0 Å². The first-order valence-electron chi connectivity index (χ1n) is 7.31. The number of nitrogens with one attached hydrogen (secondary N) is 2. The zero-order valence-electron chi connectivity index (χ0n) is 12.5. The number of benzene rings is 1. The number of ether oxygens (including phenoxy) is 1. The first-order valence-corrected chi connectivity index (χ1v) is 7.31. The van der Waals surface area contributed by atoms with Crippen molar-refractivity contribution in [3.05, 3.63) is 42.2 Å². The smallest absolute Gasteiger partial charge is 0.315 e. The molecule has 1 aromatic carbocycles. The zero-order valence-corrected chi connectivity index (χ0v) is 12.5. The van der Waals surface area contributed by atoms with E-state index in [0.717, 1.165) is 0 Å². The number of aliphatic hydroxyl groups excluding tert-OH is 1. The van der Waals surface area contributed by atoms with E-state index in [-0.39, 0.29) is 36.5 Å². The first kappa shape index (κ1) is 16.3. The van der Waals surface area contributed by atoms with E-state index in [2.05, 4.69) is 10.6 Å². The third-order valence-electron chi connectivity index (χ3n) is 3.41. The second-order valence-corrected chi connectivity index (χ2v) is 5.45. The summed E-state index contributed by atoms with van der Waals surface area (Å²) in [5, 5.41) is 14.6. The van der Waals surface area contributed by atoms with Gasteiger partial charge in [0.2, 0.25) is 0 Å². The number of hydrogen-bond donors (Lipinski definition) is 3. The first-order chi connectivity index (χ1) is 10.6. The summed E-state index contributed by atoms with van der Waals surface area (Å²) in [6.07, 6.45) is 4.51. The Kier molecular flexibility index (Phi) is 5.77. The van der Waals surface area contributed by atoms with Gasteiger partial charge < -0.3 is 20.5 Å². The molecule has 2 rings (SSSR count). The summed E-state index contributed by atoms with van der Waals surface area (Å²) in [5.41, 5.74) is 0. The van der Waals surface area contributed by atoms with Crippen LogP contribution in [0, 0.1) is 11.7 Å². The van der Waals surface area contributed by atoms with Crippen LogP contribution in [0.4, 0.5) is 9.18 Å². The molecule has 1 aliphatic rings. The van der Waals surface area contributed by atoms with Gasteiger partial charge in [0.25, 0.3) is 0 Å². The second kappa shape index (κ2) is 7.79. The van der Waals surface area contributed by atoms with Crippen molar-refractivity contribution in [2.24, 2.45) is 5.92 Å². The molecule has 1 aromatic rings. The van der Waals surface area contributed by atoms with Crippen LogP contribution in [0.25, 0.3) is 0 Å². The van der Waals surface area contributed by atoms with Gasteiger partial charge in [-0.2, -0.15) is 0 Å². The molecule has 0 spiro atoms. The van der Waals surface area contributed by atoms with Crippen molar-refractivity contribution in [1.29, 1.82) is 0 Å². The minimum atomic E-state index is -0.316. The summed E-state index contributed by atoms with van der Waals surface area (Å²) in [5.74, 6) is 0.355. The molecule has 0 saturated heterocycles. The summed E-state index contributed by atoms with van der Waals surface area (Å²) in [6.45, 7) is 2.21. The number of carbonyl (C=O) groups is 1. The lowest BCUT2D eigenvalue weighted by Crippen LogP contribution is -2.46. The molecule has 1 unspecified atom stereocenters. The molecule has 5 nitrogen and oxygen atoms in total. The predicted molar refractivity (Wildman–Crippen MR) is 81.1 cm³/mol. The molecule has 3 N–H and O–H groups in total. The average molecular weight is 308 g/mol. The third kappa shape index (κ3) is 5.04. The lowest BCUT2D eigenvalue weighted by molar-refractivity contribution is 0.220. The Morgan fingerprint density at radius 2 is 2.14 bits per heavy atom. The SMILES string of the molecule is CC(COc1ccc(F)cc1)NC(=O)N[C@@H]1C=C[C@H](CO)C1. The predicted octanol–water partition coefficient (Wildman–Crippen LogP) is 1.83. The molecule has 120 valence electrons. The Morgan fingerprint density at radius 1 is 1.41 bits per heavy atom. The Labute approximate surface area is 129 Å². The van der Waals surface area contributed by atoms with Gasteiger partial charge in [-0.25, -0.2) is 9.18 Å². The number of halogens is 1. The van der Waals surface area contributed by atoms with Crippen molar-refractivity contribution >= 4 is 6.03 Å². The van der Waals surface area contributed by atoms with Gasteiger partial charge in [0.05, 0.1) is 6.04 Å². The second-order valence-electron chi connectivity index (χ2n) is 5.45. The van der Waals surface area contributed by atoms with Crippen LogP contribution in [0.2, 0.25) is 0 Å². The normalized spacial score (nSPS) is 21.4. The number of rotatable bonds is 6. The van der Waals surface area contributed by atoms with Crippen LogP contribution in [0.1, 0.15) is 13.3 Å². The lowest BCUT2D eigenvalue weighted by Gasteiger charge is -2.18. The van der Waals surface area contributed by atoms with E-state index in [1.807, 2.05) is 19.1 Å². The highest BCUT2D eigenvalue weighted by Crippen LogP contribution is 2.16. The van der Waals surface area contributed by atoms with E-state index in [0.29, 0.717) is 18.8 Å². The van der Waals surface area contributed by atoms with Crippen LogP contribution in [-0.2, 0) is 0 Å². The van der Waals surface area contributed by atoms with Crippen molar-refractivity contribution < 1.29 is 19.0 Å². The van der Waals surface area contributed by atoms with Gasteiger partial charge in [0, 0.05) is 18.6 Å². The van der Waals surface area contributed by atoms with Crippen LogP contribution in [0.3, 0.4) is 0 Å². The number of urea groups is 1. The van der Waals surface area contributed by atoms with Gasteiger partial charge in [-0.3, -0.25) is 0 Å². The molecular formula is C16H21FN2O3. The van der Waals surface area contributed by atoms with Gasteiger partial charge in [0.1, 0.15) is 18.2 Å². The number of aliphatic hydroxyl groups is 1. The highest BCUT2D eigenvalue weighted by Gasteiger charge is 2.20. The van der Waals surface area contributed by atoms with Crippen molar-refractivity contribution in [1.82, 2.24) is 10.6 Å². The molecular weight excluding hydrogens is 287 g/mol. The summed E-state index contributed by atoms with van der Waals surface area (Å²) < 4.78 is 18.2. The van der Waals surface area contributed by atoms with Crippen molar-refractivity contribution in [2.45, 2.75) is 25.4 Å². The maximum atomic E-state index is 12.8. The lowest BCUT2D eigenvalue weighted by atomic mass is 10.1. The Morgan fingerprint density at radius 3 is 2.77 bits per heavy atom. The van der Waals surface area contributed by atoms with E-state index in [4.69, 9.17) is 9.84 Å². The van der Waals surface area contributed by atoms with E-state index in [9.17, 15) is 9.18 Å². The van der Waals surface area contributed by atoms with Crippen LogP contribution in [0.15, 0.2) is 36.4 Å². The van der Waals surface area contributed by atoms with Crippen molar-refractivity contribution in [3.8, 4) is 5.75 Å². The maximum absolute atomic E-state index is 12.8. The molecule has 22 heavy (non-hydrogen) atoms. The van der Waals surface area contributed by atoms with E-state index >= 15 is 0 Å². The standard InChI is InChI=1S/C16H21FN2O3/c1-11(10-22-15-6-3-13(17)4-7-15)18-16(21)19-14-5-2-12(8-14)9-20/h2-7,11-12,14,20H,8-10H2,1H3,(H2,18,19,21)/t11?,12-,14+/m0/s1. The minimum Gasteiger partial charge on any atom is -0.491 e. The Bertz CT molecular complexity index is 519. The topological polar surface area (TPSA) is 70.6 Å². The maximum Gasteiger partial charge on any atom is 0.315 e. The quantitative estimate of drug-likeness (QED) is 0.702. The number of carbonyl (C=O) groups excluding carboxylic acids is 1. The molecule has 1 aliphatic carbocycles. The molecule has 0 aliphatic heterocycles. The van der Waals surface area contributed by atoms with E-state index in [1.54, 1.807) is 12.1 Å². The Balaban J connectivity index is 1.68. The highest BCUT2D eigenvalue weighted by atomic mass is 19.1. The number of hydrogen-bond acceptors (Lipinski definition) is 3. The zero-order chi connectivity index (χ0) is 15.9. The third-order valence-corrected chi connectivity index (χ3v) is 3.41. The van der Waals surface area contributed by atoms with Gasteiger partial charge >= 0.3 is 6.03 Å².